The van der Waals surface area contributed by atoms with Crippen LogP contribution in [0, 0.1) is 5.92 Å². The third kappa shape index (κ3) is 4.21. The van der Waals surface area contributed by atoms with Crippen LogP contribution in [0.25, 0.3) is 6.08 Å². The molecule has 1 N–H and O–H groups in total. The van der Waals surface area contributed by atoms with Crippen LogP contribution >= 0.6 is 0 Å². The van der Waals surface area contributed by atoms with Gasteiger partial charge in [0.25, 0.3) is 0 Å². The van der Waals surface area contributed by atoms with E-state index >= 15 is 9.59 Å². The largest absolute Gasteiger partial charge is 0.497 e. The molecule has 1 fully saturated rings. The molecular formula is C38H34N2O5. The highest BCUT2D eigenvalue weighted by atomic mass is 16.5. The van der Waals surface area contributed by atoms with Gasteiger partial charge in [0.1, 0.15) is 23.0 Å². The first kappa shape index (κ1) is 28.6. The molecular weight excluding hydrogens is 564 g/mol. The molecule has 3 heterocycles. The van der Waals surface area contributed by atoms with Crippen molar-refractivity contribution in [1.82, 2.24) is 4.90 Å². The molecule has 0 bridgehead atoms. The predicted octanol–water partition coefficient (Wildman–Crippen LogP) is 6.64. The Hall–Kier alpha value is -5.17. The second-order valence-electron chi connectivity index (χ2n) is 11.8. The number of benzene rings is 4. The molecule has 7 rings (SSSR count). The number of nitrogens with zero attached hydrogens (tertiary/aromatic N) is 1. The van der Waals surface area contributed by atoms with Crippen molar-refractivity contribution in [1.29, 1.82) is 0 Å². The fraction of sp³-hybridized carbons (Fsp3) is 0.237. The first-order valence-electron chi connectivity index (χ1n) is 15.3. The van der Waals surface area contributed by atoms with Crippen LogP contribution in [-0.4, -0.2) is 42.6 Å². The van der Waals surface area contributed by atoms with Crippen molar-refractivity contribution in [2.75, 3.05) is 19.5 Å². The Morgan fingerprint density at radius 1 is 0.889 bits per heavy atom. The van der Waals surface area contributed by atoms with Crippen molar-refractivity contribution in [2.45, 2.75) is 37.3 Å². The summed E-state index contributed by atoms with van der Waals surface area (Å²) >= 11 is 0. The highest BCUT2D eigenvalue weighted by Gasteiger charge is 2.70. The molecule has 4 aromatic carbocycles. The smallest absolute Gasteiger partial charge is 0.238 e. The minimum atomic E-state index is -1.40. The third-order valence-corrected chi connectivity index (χ3v) is 9.57. The summed E-state index contributed by atoms with van der Waals surface area (Å²) in [6.45, 7) is 2.11. The second kappa shape index (κ2) is 11.1. The van der Waals surface area contributed by atoms with E-state index in [0.29, 0.717) is 28.3 Å². The maximum absolute atomic E-state index is 15.1. The molecule has 0 aliphatic carbocycles. The van der Waals surface area contributed by atoms with Gasteiger partial charge in [-0.05, 0) is 59.0 Å². The first-order chi connectivity index (χ1) is 21.9. The monoisotopic (exact) mass is 598 g/mol. The summed E-state index contributed by atoms with van der Waals surface area (Å²) in [5, 5.41) is 3.10. The van der Waals surface area contributed by atoms with E-state index in [1.807, 2.05) is 90.0 Å². The van der Waals surface area contributed by atoms with Gasteiger partial charge in [0.2, 0.25) is 5.91 Å². The highest BCUT2D eigenvalue weighted by molar-refractivity contribution is 6.17. The molecule has 0 radical (unpaired) electrons. The first-order valence-corrected chi connectivity index (χ1v) is 15.3. The number of aryl methyl sites for hydroxylation is 1. The SMILES string of the molecule is CCCc1ccc(C(=O)[C@@H]2[C@H](C(=O)c3cc(OC)ccc3OC)N3C=Cc4ccccc4[C@H]3[C@]23C(=O)Nc2ccccc23)cc1. The van der Waals surface area contributed by atoms with Gasteiger partial charge in [-0.3, -0.25) is 14.4 Å². The van der Waals surface area contributed by atoms with Crippen molar-refractivity contribution in [3.05, 3.63) is 131 Å². The van der Waals surface area contributed by atoms with E-state index in [9.17, 15) is 4.79 Å². The number of carbonyl (C=O) groups excluding carboxylic acids is 3. The molecule has 7 nitrogen and oxygen atoms in total. The van der Waals surface area contributed by atoms with Gasteiger partial charge in [-0.15, -0.1) is 0 Å². The van der Waals surface area contributed by atoms with E-state index < -0.39 is 23.4 Å². The Morgan fingerprint density at radius 3 is 2.40 bits per heavy atom. The molecule has 1 saturated heterocycles. The van der Waals surface area contributed by atoms with Gasteiger partial charge in [-0.25, -0.2) is 0 Å². The number of ether oxygens (including phenoxy) is 2. The number of nitrogens with one attached hydrogen (secondary N) is 1. The lowest BCUT2D eigenvalue weighted by Gasteiger charge is -2.38. The van der Waals surface area contributed by atoms with E-state index in [2.05, 4.69) is 12.2 Å². The normalized spacial score (nSPS) is 22.4. The van der Waals surface area contributed by atoms with Gasteiger partial charge >= 0.3 is 0 Å². The van der Waals surface area contributed by atoms with E-state index in [-0.39, 0.29) is 23.0 Å². The lowest BCUT2D eigenvalue weighted by molar-refractivity contribution is -0.122. The van der Waals surface area contributed by atoms with Crippen molar-refractivity contribution >= 4 is 29.2 Å². The number of rotatable bonds is 8. The van der Waals surface area contributed by atoms with E-state index in [1.54, 1.807) is 18.2 Å². The zero-order valence-electron chi connectivity index (χ0n) is 25.4. The number of para-hydroxylation sites is 1. The lowest BCUT2D eigenvalue weighted by atomic mass is 9.62. The van der Waals surface area contributed by atoms with Crippen LogP contribution in [0.3, 0.4) is 0 Å². The number of fused-ring (bicyclic) bond motifs is 6. The van der Waals surface area contributed by atoms with Crippen LogP contribution in [0.2, 0.25) is 0 Å². The quantitative estimate of drug-likeness (QED) is 0.229. The molecule has 7 heteroatoms. The molecule has 4 aromatic rings. The molecule has 3 aliphatic heterocycles. The average molecular weight is 599 g/mol. The van der Waals surface area contributed by atoms with Gasteiger partial charge in [0.15, 0.2) is 11.6 Å². The van der Waals surface area contributed by atoms with Crippen LogP contribution in [0.4, 0.5) is 5.69 Å². The van der Waals surface area contributed by atoms with E-state index in [4.69, 9.17) is 9.47 Å². The summed E-state index contributed by atoms with van der Waals surface area (Å²) in [6.07, 6.45) is 5.70. The Balaban J connectivity index is 1.51. The molecule has 3 aliphatic rings. The van der Waals surface area contributed by atoms with Crippen LogP contribution in [-0.2, 0) is 16.6 Å². The van der Waals surface area contributed by atoms with Crippen molar-refractivity contribution in [3.63, 3.8) is 0 Å². The number of hydrogen-bond acceptors (Lipinski definition) is 6. The average Bonchev–Trinajstić information content (AvgIpc) is 3.56. The molecule has 4 atom stereocenters. The minimum absolute atomic E-state index is 0.259. The Kier molecular flexibility index (Phi) is 7.04. The molecule has 1 spiro atoms. The summed E-state index contributed by atoms with van der Waals surface area (Å²) in [5.74, 6) is -1.09. The fourth-order valence-electron chi connectivity index (χ4n) is 7.64. The second-order valence-corrected chi connectivity index (χ2v) is 11.8. The number of carbonyl (C=O) groups is 3. The molecule has 45 heavy (non-hydrogen) atoms. The Morgan fingerprint density at radius 2 is 1.64 bits per heavy atom. The highest BCUT2D eigenvalue weighted by Crippen LogP contribution is 2.62. The molecule has 0 saturated carbocycles. The zero-order chi connectivity index (χ0) is 31.3. The summed E-state index contributed by atoms with van der Waals surface area (Å²) in [5.41, 5.74) is 3.66. The number of ketones is 2. The maximum atomic E-state index is 15.1. The van der Waals surface area contributed by atoms with Crippen molar-refractivity contribution in [2.24, 2.45) is 5.92 Å². The number of amides is 1. The van der Waals surface area contributed by atoms with Gasteiger partial charge < -0.3 is 19.7 Å². The Bertz CT molecular complexity index is 1860. The summed E-state index contributed by atoms with van der Waals surface area (Å²) in [4.78, 5) is 46.7. The van der Waals surface area contributed by atoms with E-state index in [0.717, 1.165) is 29.5 Å². The maximum Gasteiger partial charge on any atom is 0.238 e. The van der Waals surface area contributed by atoms with Crippen LogP contribution < -0.4 is 14.8 Å². The van der Waals surface area contributed by atoms with Gasteiger partial charge in [0, 0.05) is 17.5 Å². The van der Waals surface area contributed by atoms with Crippen LogP contribution in [0.15, 0.2) is 97.2 Å². The zero-order valence-corrected chi connectivity index (χ0v) is 25.4. The number of anilines is 1. The standard InChI is InChI=1S/C38H34N2O5/c1-4-9-23-14-16-25(17-15-23)34(41)32-33(35(42)28-22-26(44-2)18-19-31(28)45-3)40-21-20-24-10-5-6-11-27(24)36(40)38(32)29-12-7-8-13-30(29)39-37(38)43/h5-8,10-22,32-33,36H,4,9H2,1-3H3,(H,39,43)/t32-,33+,36-,38+/m0/s1. The van der Waals surface area contributed by atoms with E-state index in [1.165, 1.54) is 14.2 Å². The topological polar surface area (TPSA) is 84.9 Å². The number of Topliss-reactive ketones (excluding diaryl/α,β-unsaturated/α-hetero) is 2. The van der Waals surface area contributed by atoms with Crippen LogP contribution in [0.5, 0.6) is 11.5 Å². The Labute approximate surface area is 262 Å². The number of methoxy groups -OCH3 is 2. The molecule has 226 valence electrons. The van der Waals surface area contributed by atoms with Crippen molar-refractivity contribution in [3.8, 4) is 11.5 Å². The fourth-order valence-corrected chi connectivity index (χ4v) is 7.64. The third-order valence-electron chi connectivity index (χ3n) is 9.57. The molecule has 1 amide bonds. The molecule has 0 aromatic heterocycles. The van der Waals surface area contributed by atoms with Crippen LogP contribution in [0.1, 0.15) is 62.4 Å². The summed E-state index contributed by atoms with van der Waals surface area (Å²) < 4.78 is 11.1. The van der Waals surface area contributed by atoms with Gasteiger partial charge in [-0.1, -0.05) is 80.1 Å². The minimum Gasteiger partial charge on any atom is -0.497 e. The van der Waals surface area contributed by atoms with Crippen molar-refractivity contribution < 1.29 is 23.9 Å². The molecule has 0 unspecified atom stereocenters. The predicted molar refractivity (Wildman–Crippen MR) is 173 cm³/mol. The number of hydrogen-bond donors (Lipinski definition) is 1. The summed E-state index contributed by atoms with van der Waals surface area (Å²) in [6, 6.07) is 26.4. The van der Waals surface area contributed by atoms with Gasteiger partial charge in [0.05, 0.1) is 31.7 Å². The van der Waals surface area contributed by atoms with Gasteiger partial charge in [-0.2, -0.15) is 0 Å². The summed E-state index contributed by atoms with van der Waals surface area (Å²) in [7, 11) is 3.05. The lowest BCUT2D eigenvalue weighted by Crippen LogP contribution is -2.49.